The van der Waals surface area contributed by atoms with E-state index in [-0.39, 0.29) is 33.5 Å². The van der Waals surface area contributed by atoms with Gasteiger partial charge in [0.2, 0.25) is 0 Å². The number of allylic oxidation sites excluding steroid dienone is 1. The molecule has 1 fully saturated rings. The normalized spacial score (nSPS) is 17.2. The third-order valence-corrected chi connectivity index (χ3v) is 8.09. The van der Waals surface area contributed by atoms with Crippen LogP contribution in [0.15, 0.2) is 89.5 Å². The van der Waals surface area contributed by atoms with Gasteiger partial charge in [-0.1, -0.05) is 41.9 Å². The Morgan fingerprint density at radius 2 is 1.54 bits per heavy atom. The summed E-state index contributed by atoms with van der Waals surface area (Å²) in [6.45, 7) is 1.93. The van der Waals surface area contributed by atoms with Crippen LogP contribution in [0.2, 0.25) is 5.02 Å². The van der Waals surface area contributed by atoms with Crippen molar-refractivity contribution in [2.24, 2.45) is 5.73 Å². The molecule has 1 unspecified atom stereocenters. The quantitative estimate of drug-likeness (QED) is 0.365. The van der Waals surface area contributed by atoms with Crippen molar-refractivity contribution < 1.29 is 32.2 Å². The Bertz CT molecular complexity index is 1750. The summed E-state index contributed by atoms with van der Waals surface area (Å²) in [5, 5.41) is 10.1. The molecule has 3 aromatic rings. The number of nitrogens with zero attached hydrogens (tertiary/aromatic N) is 5. The fourth-order valence-electron chi connectivity index (χ4n) is 5.59. The molecule has 1 aromatic heterocycles. The number of pyridine rings is 1. The molecule has 2 aliphatic heterocycles. The molecule has 1 atom stereocenters. The average molecular weight is 653 g/mol. The van der Waals surface area contributed by atoms with Crippen molar-refractivity contribution in [2.45, 2.75) is 12.1 Å². The van der Waals surface area contributed by atoms with E-state index in [1.807, 2.05) is 4.90 Å². The molecule has 14 heteroatoms. The van der Waals surface area contributed by atoms with E-state index in [0.717, 1.165) is 18.0 Å². The summed E-state index contributed by atoms with van der Waals surface area (Å²) in [5.74, 6) is -2.42. The summed E-state index contributed by atoms with van der Waals surface area (Å²) in [7, 11) is 2.36. The van der Waals surface area contributed by atoms with Gasteiger partial charge < -0.3 is 25.0 Å². The second-order valence-corrected chi connectivity index (χ2v) is 10.8. The highest BCUT2D eigenvalue weighted by Crippen LogP contribution is 2.43. The Morgan fingerprint density at radius 3 is 2.09 bits per heavy atom. The molecule has 3 heterocycles. The first-order valence-corrected chi connectivity index (χ1v) is 14.4. The molecule has 0 aliphatic carbocycles. The van der Waals surface area contributed by atoms with Crippen molar-refractivity contribution in [3.63, 3.8) is 0 Å². The molecular weight excluding hydrogens is 625 g/mol. The number of hydrogen-bond acceptors (Lipinski definition) is 10. The van der Waals surface area contributed by atoms with E-state index in [1.54, 1.807) is 54.6 Å². The van der Waals surface area contributed by atoms with Gasteiger partial charge in [0.1, 0.15) is 17.3 Å². The number of carbonyl (C=O) groups is 2. The van der Waals surface area contributed by atoms with Crippen LogP contribution in [0.5, 0.6) is 0 Å². The minimum absolute atomic E-state index is 0.0494. The van der Waals surface area contributed by atoms with E-state index in [9.17, 15) is 28.0 Å². The van der Waals surface area contributed by atoms with Crippen LogP contribution in [0.3, 0.4) is 0 Å². The number of halogens is 4. The van der Waals surface area contributed by atoms with Gasteiger partial charge in [0.15, 0.2) is 0 Å². The number of hydrogen-bond donors (Lipinski definition) is 1. The highest BCUT2D eigenvalue weighted by Gasteiger charge is 2.43. The molecule has 0 spiro atoms. The van der Waals surface area contributed by atoms with E-state index < -0.39 is 29.6 Å². The van der Waals surface area contributed by atoms with Gasteiger partial charge in [0, 0.05) is 43.8 Å². The van der Waals surface area contributed by atoms with Crippen LogP contribution in [-0.2, 0) is 25.2 Å². The van der Waals surface area contributed by atoms with Crippen LogP contribution >= 0.6 is 11.6 Å². The molecule has 2 aromatic carbocycles. The number of methoxy groups -OCH3 is 2. The van der Waals surface area contributed by atoms with Crippen molar-refractivity contribution in [1.82, 2.24) is 4.98 Å². The number of aromatic nitrogens is 1. The van der Waals surface area contributed by atoms with Crippen LogP contribution in [0.1, 0.15) is 17.0 Å². The first kappa shape index (κ1) is 32.2. The second-order valence-electron chi connectivity index (χ2n) is 10.4. The maximum atomic E-state index is 13.3. The fraction of sp³-hybridized carbons (Fsp3) is 0.250. The zero-order valence-corrected chi connectivity index (χ0v) is 25.5. The zero-order chi connectivity index (χ0) is 33.2. The number of benzene rings is 2. The summed E-state index contributed by atoms with van der Waals surface area (Å²) in [6, 6.07) is 18.7. The molecule has 46 heavy (non-hydrogen) atoms. The lowest BCUT2D eigenvalue weighted by molar-refractivity contribution is -0.139. The first-order chi connectivity index (χ1) is 22.0. The van der Waals surface area contributed by atoms with Gasteiger partial charge in [-0.15, -0.1) is 0 Å². The van der Waals surface area contributed by atoms with Crippen molar-refractivity contribution in [1.29, 1.82) is 5.26 Å². The molecule has 5 rings (SSSR count). The van der Waals surface area contributed by atoms with E-state index in [2.05, 4.69) is 16.0 Å². The number of alkyl halides is 3. The summed E-state index contributed by atoms with van der Waals surface area (Å²) in [5.41, 5.74) is 7.20. The number of esters is 2. The summed E-state index contributed by atoms with van der Waals surface area (Å²) < 4.78 is 49.2. The Balaban J connectivity index is 1.44. The topological polar surface area (TPSA) is 125 Å². The zero-order valence-electron chi connectivity index (χ0n) is 24.7. The Kier molecular flexibility index (Phi) is 9.11. The number of anilines is 3. The molecule has 0 bridgehead atoms. The fourth-order valence-corrected chi connectivity index (χ4v) is 5.87. The van der Waals surface area contributed by atoms with E-state index in [4.69, 9.17) is 26.8 Å². The predicted molar refractivity (Wildman–Crippen MR) is 165 cm³/mol. The summed E-state index contributed by atoms with van der Waals surface area (Å²) in [6.07, 6.45) is -3.77. The molecule has 2 N–H and O–H groups in total. The highest BCUT2D eigenvalue weighted by atomic mass is 35.5. The Labute approximate surface area is 267 Å². The van der Waals surface area contributed by atoms with Gasteiger partial charge in [-0.2, -0.15) is 18.4 Å². The SMILES string of the molecule is COC(=O)C1=C(C(=O)OC)N(c2ccc(N3CCN(c4ncc(C(F)(F)F)cc4Cl)CC3)cc2)C(N)=C(C#N)C1c1ccccc1. The lowest BCUT2D eigenvalue weighted by Crippen LogP contribution is -2.47. The molecule has 2 aliphatic rings. The Hall–Kier alpha value is -5.22. The maximum absolute atomic E-state index is 13.3. The minimum atomic E-state index is -4.54. The largest absolute Gasteiger partial charge is 0.466 e. The van der Waals surface area contributed by atoms with Gasteiger partial charge in [0.25, 0.3) is 0 Å². The lowest BCUT2D eigenvalue weighted by atomic mass is 9.81. The smallest absolute Gasteiger partial charge is 0.417 e. The number of nitrogens with two attached hydrogens (primary N) is 1. The van der Waals surface area contributed by atoms with Crippen LogP contribution in [0.25, 0.3) is 0 Å². The third-order valence-electron chi connectivity index (χ3n) is 7.81. The molecule has 0 amide bonds. The van der Waals surface area contributed by atoms with Crippen molar-refractivity contribution in [2.75, 3.05) is 55.1 Å². The van der Waals surface area contributed by atoms with Crippen LogP contribution < -0.4 is 20.4 Å². The maximum Gasteiger partial charge on any atom is 0.417 e. The van der Waals surface area contributed by atoms with Crippen molar-refractivity contribution in [3.05, 3.63) is 106 Å². The number of ether oxygens (including phenoxy) is 2. The van der Waals surface area contributed by atoms with Gasteiger partial charge in [-0.05, 0) is 35.9 Å². The van der Waals surface area contributed by atoms with Crippen LogP contribution in [0.4, 0.5) is 30.4 Å². The summed E-state index contributed by atoms with van der Waals surface area (Å²) in [4.78, 5) is 35.7. The first-order valence-electron chi connectivity index (χ1n) is 14.0. The van der Waals surface area contributed by atoms with Crippen LogP contribution in [0, 0.1) is 11.3 Å². The number of nitriles is 1. The lowest BCUT2D eigenvalue weighted by Gasteiger charge is -2.38. The third kappa shape index (κ3) is 6.03. The monoisotopic (exact) mass is 652 g/mol. The summed E-state index contributed by atoms with van der Waals surface area (Å²) >= 11 is 6.15. The predicted octanol–water partition coefficient (Wildman–Crippen LogP) is 4.98. The van der Waals surface area contributed by atoms with E-state index in [1.165, 1.54) is 19.1 Å². The van der Waals surface area contributed by atoms with Crippen LogP contribution in [-0.4, -0.2) is 57.3 Å². The number of carbonyl (C=O) groups excluding carboxylic acids is 2. The van der Waals surface area contributed by atoms with Crippen molar-refractivity contribution in [3.8, 4) is 6.07 Å². The van der Waals surface area contributed by atoms with E-state index >= 15 is 0 Å². The van der Waals surface area contributed by atoms with Gasteiger partial charge in [-0.3, -0.25) is 4.90 Å². The molecular formula is C32H28ClF3N6O4. The standard InChI is InChI=1S/C32H28ClF3N6O4/c1-45-30(43)26-25(19-6-4-3-5-7-19)23(17-37)28(38)42(27(26)31(44)46-2)22-10-8-21(9-11-22)40-12-14-41(15-13-40)29-24(33)16-20(18-39-29)32(34,35)36/h3-11,16,18,25H,12-15,38H2,1-2H3. The number of rotatable bonds is 6. The molecule has 0 radical (unpaired) electrons. The average Bonchev–Trinajstić information content (AvgIpc) is 3.07. The van der Waals surface area contributed by atoms with Crippen molar-refractivity contribution >= 4 is 40.7 Å². The van der Waals surface area contributed by atoms with Gasteiger partial charge in [-0.25, -0.2) is 14.6 Å². The minimum Gasteiger partial charge on any atom is -0.466 e. The molecule has 0 saturated carbocycles. The van der Waals surface area contributed by atoms with Gasteiger partial charge in [0.05, 0.1) is 47.9 Å². The Morgan fingerprint density at radius 1 is 0.957 bits per heavy atom. The molecule has 238 valence electrons. The molecule has 10 nitrogen and oxygen atoms in total. The van der Waals surface area contributed by atoms with E-state index in [0.29, 0.717) is 37.4 Å². The second kappa shape index (κ2) is 13.0. The highest BCUT2D eigenvalue weighted by molar-refractivity contribution is 6.33. The number of piperazine rings is 1. The molecule has 1 saturated heterocycles. The van der Waals surface area contributed by atoms with Gasteiger partial charge >= 0.3 is 18.1 Å².